The fraction of sp³-hybridized carbons (Fsp3) is 0.792. The van der Waals surface area contributed by atoms with Crippen molar-refractivity contribution < 1.29 is 38.2 Å². The van der Waals surface area contributed by atoms with Crippen LogP contribution < -0.4 is 5.32 Å². The number of esters is 2. The predicted octanol–water partition coefficient (Wildman–Crippen LogP) is 1.23. The number of amides is 3. The molecule has 0 heterocycles. The Hall–Kier alpha value is -2.34. The van der Waals surface area contributed by atoms with E-state index < -0.39 is 23.6 Å². The van der Waals surface area contributed by atoms with Crippen LogP contribution in [0.25, 0.3) is 0 Å². The molecular weight excluding hydrogens is 490 g/mol. The molecule has 1 unspecified atom stereocenters. The molecule has 3 amide bonds. The van der Waals surface area contributed by atoms with Gasteiger partial charge in [-0.2, -0.15) is 11.8 Å². The van der Waals surface area contributed by atoms with E-state index in [-0.39, 0.29) is 37.5 Å². The number of thioether (sulfide) groups is 1. The van der Waals surface area contributed by atoms with Gasteiger partial charge in [0.25, 0.3) is 0 Å². The number of hydrogen-bond donors (Lipinski definition) is 1. The molecule has 36 heavy (non-hydrogen) atoms. The number of nitrogens with one attached hydrogen (secondary N) is 1. The Balaban J connectivity index is 4.23. The Kier molecular flexibility index (Phi) is 16.8. The number of rotatable bonds is 18. The third-order valence-corrected chi connectivity index (χ3v) is 6.09. The van der Waals surface area contributed by atoms with E-state index in [1.807, 2.05) is 20.8 Å². The molecule has 0 saturated carbocycles. The van der Waals surface area contributed by atoms with Gasteiger partial charge in [0.05, 0.1) is 18.8 Å². The first kappa shape index (κ1) is 33.7. The zero-order valence-electron chi connectivity index (χ0n) is 22.7. The molecule has 0 radical (unpaired) electrons. The van der Waals surface area contributed by atoms with Gasteiger partial charge < -0.3 is 29.3 Å². The van der Waals surface area contributed by atoms with E-state index in [0.717, 1.165) is 0 Å². The molecule has 0 fully saturated rings. The van der Waals surface area contributed by atoms with E-state index in [1.165, 1.54) is 27.7 Å². The molecule has 1 N–H and O–H groups in total. The van der Waals surface area contributed by atoms with Crippen LogP contribution in [0.1, 0.15) is 54.9 Å². The molecule has 0 spiro atoms. The predicted molar refractivity (Wildman–Crippen MR) is 137 cm³/mol. The highest BCUT2D eigenvalue weighted by Gasteiger charge is 2.31. The summed E-state index contributed by atoms with van der Waals surface area (Å²) in [6, 6.07) is 0. The van der Waals surface area contributed by atoms with Gasteiger partial charge in [-0.15, -0.1) is 0 Å². The van der Waals surface area contributed by atoms with Crippen molar-refractivity contribution in [2.45, 2.75) is 66.5 Å². The third-order valence-electron chi connectivity index (χ3n) is 5.13. The molecule has 11 nitrogen and oxygen atoms in total. The Morgan fingerprint density at radius 1 is 0.944 bits per heavy atom. The summed E-state index contributed by atoms with van der Waals surface area (Å²) in [5.74, 6) is 0.0938. The first-order chi connectivity index (χ1) is 16.8. The van der Waals surface area contributed by atoms with Gasteiger partial charge in [0, 0.05) is 71.8 Å². The Bertz CT molecular complexity index is 732. The van der Waals surface area contributed by atoms with Crippen molar-refractivity contribution in [3.05, 3.63) is 0 Å². The van der Waals surface area contributed by atoms with E-state index in [4.69, 9.17) is 14.2 Å². The fourth-order valence-electron chi connectivity index (χ4n) is 3.43. The summed E-state index contributed by atoms with van der Waals surface area (Å²) in [4.78, 5) is 61.5. The summed E-state index contributed by atoms with van der Waals surface area (Å²) in [6.45, 7) is 13.4. The van der Waals surface area contributed by atoms with Crippen LogP contribution in [0.15, 0.2) is 0 Å². The van der Waals surface area contributed by atoms with Crippen molar-refractivity contribution in [1.29, 1.82) is 0 Å². The molecular formula is C24H43N3O8S. The van der Waals surface area contributed by atoms with Crippen molar-refractivity contribution in [2.24, 2.45) is 0 Å². The van der Waals surface area contributed by atoms with Crippen LogP contribution in [0, 0.1) is 0 Å². The summed E-state index contributed by atoms with van der Waals surface area (Å²) in [5.41, 5.74) is -0.502. The van der Waals surface area contributed by atoms with Gasteiger partial charge in [-0.1, -0.05) is 0 Å². The average molecular weight is 534 g/mol. The minimum Gasteiger partial charge on any atom is -0.462 e. The van der Waals surface area contributed by atoms with Crippen LogP contribution in [0.3, 0.4) is 0 Å². The summed E-state index contributed by atoms with van der Waals surface area (Å²) in [6.07, 6.45) is -0.379. The lowest BCUT2D eigenvalue weighted by molar-refractivity contribution is -0.159. The van der Waals surface area contributed by atoms with Crippen LogP contribution in [0.4, 0.5) is 0 Å². The highest BCUT2D eigenvalue weighted by atomic mass is 32.2. The van der Waals surface area contributed by atoms with Crippen molar-refractivity contribution in [3.8, 4) is 0 Å². The average Bonchev–Trinajstić information content (AvgIpc) is 2.76. The van der Waals surface area contributed by atoms with Crippen LogP contribution >= 0.6 is 11.8 Å². The topological polar surface area (TPSA) is 132 Å². The SMILES string of the molecule is CCN(CC(C)(C)N(CCSCCC(=O)NCCOCC(COC(C)=O)OC(C)=O)C(C)=O)C(C)=O. The first-order valence-corrected chi connectivity index (χ1v) is 13.2. The minimum absolute atomic E-state index is 0.0222. The molecule has 0 aliphatic rings. The fourth-order valence-corrected chi connectivity index (χ4v) is 4.28. The molecule has 0 aliphatic heterocycles. The Morgan fingerprint density at radius 3 is 2.14 bits per heavy atom. The number of carbonyl (C=O) groups is 5. The standard InChI is InChI=1S/C24H43N3O8S/c1-8-26(18(2)28)17-24(6,7)27(19(3)29)11-14-36-13-9-23(32)25-10-12-33-15-22(35-21(5)31)16-34-20(4)30/h22H,8-17H2,1-7H3,(H,25,32). The molecule has 1 atom stereocenters. The van der Waals surface area contributed by atoms with Crippen molar-refractivity contribution in [2.75, 3.05) is 57.5 Å². The van der Waals surface area contributed by atoms with Gasteiger partial charge in [0.1, 0.15) is 6.61 Å². The van der Waals surface area contributed by atoms with Crippen molar-refractivity contribution >= 4 is 41.4 Å². The molecule has 0 aliphatic carbocycles. The monoisotopic (exact) mass is 533 g/mol. The largest absolute Gasteiger partial charge is 0.462 e. The third kappa shape index (κ3) is 15.6. The second kappa shape index (κ2) is 18.0. The summed E-state index contributed by atoms with van der Waals surface area (Å²) < 4.78 is 15.3. The number of ether oxygens (including phenoxy) is 3. The molecule has 0 saturated heterocycles. The van der Waals surface area contributed by atoms with Crippen molar-refractivity contribution in [3.63, 3.8) is 0 Å². The Labute approximate surface area is 218 Å². The first-order valence-electron chi connectivity index (χ1n) is 12.1. The van der Waals surface area contributed by atoms with E-state index in [1.54, 1.807) is 21.6 Å². The van der Waals surface area contributed by atoms with Crippen LogP contribution in [0.5, 0.6) is 0 Å². The number of nitrogens with zero attached hydrogens (tertiary/aromatic N) is 2. The van der Waals surface area contributed by atoms with E-state index >= 15 is 0 Å². The van der Waals surface area contributed by atoms with Crippen LogP contribution in [0.2, 0.25) is 0 Å². The number of hydrogen-bond acceptors (Lipinski definition) is 9. The molecule has 0 aromatic rings. The van der Waals surface area contributed by atoms with Gasteiger partial charge in [-0.25, -0.2) is 0 Å². The normalized spacial score (nSPS) is 11.9. The minimum atomic E-state index is -0.703. The zero-order chi connectivity index (χ0) is 27.7. The van der Waals surface area contributed by atoms with E-state index in [2.05, 4.69) is 5.32 Å². The smallest absolute Gasteiger partial charge is 0.303 e. The number of likely N-dealkylation sites (N-methyl/N-ethyl adjacent to an activating group) is 1. The van der Waals surface area contributed by atoms with E-state index in [9.17, 15) is 24.0 Å². The number of carbonyl (C=O) groups excluding carboxylic acids is 5. The van der Waals surface area contributed by atoms with Gasteiger partial charge in [-0.05, 0) is 20.8 Å². The lowest BCUT2D eigenvalue weighted by Gasteiger charge is -2.41. The lowest BCUT2D eigenvalue weighted by atomic mass is 10.0. The highest BCUT2D eigenvalue weighted by Crippen LogP contribution is 2.18. The Morgan fingerprint density at radius 2 is 1.61 bits per heavy atom. The lowest BCUT2D eigenvalue weighted by Crippen LogP contribution is -2.55. The quantitative estimate of drug-likeness (QED) is 0.204. The zero-order valence-corrected chi connectivity index (χ0v) is 23.5. The summed E-state index contributed by atoms with van der Waals surface area (Å²) >= 11 is 1.58. The van der Waals surface area contributed by atoms with Gasteiger partial charge in [0.2, 0.25) is 17.7 Å². The van der Waals surface area contributed by atoms with Crippen molar-refractivity contribution in [1.82, 2.24) is 15.1 Å². The molecule has 208 valence electrons. The molecule has 0 aromatic carbocycles. The molecule has 0 rings (SSSR count). The van der Waals surface area contributed by atoms with Gasteiger partial charge >= 0.3 is 11.9 Å². The second-order valence-corrected chi connectivity index (χ2v) is 10.1. The van der Waals surface area contributed by atoms with Gasteiger partial charge in [0.15, 0.2) is 6.10 Å². The molecule has 0 aromatic heterocycles. The summed E-state index contributed by atoms with van der Waals surface area (Å²) in [5, 5.41) is 2.76. The maximum Gasteiger partial charge on any atom is 0.303 e. The van der Waals surface area contributed by atoms with E-state index in [0.29, 0.717) is 44.1 Å². The summed E-state index contributed by atoms with van der Waals surface area (Å²) in [7, 11) is 0. The van der Waals surface area contributed by atoms with Crippen LogP contribution in [-0.2, 0) is 38.2 Å². The highest BCUT2D eigenvalue weighted by molar-refractivity contribution is 7.99. The second-order valence-electron chi connectivity index (χ2n) is 8.84. The van der Waals surface area contributed by atoms with Crippen LogP contribution in [-0.4, -0.2) is 109 Å². The molecule has 0 bridgehead atoms. The van der Waals surface area contributed by atoms with Gasteiger partial charge in [-0.3, -0.25) is 24.0 Å². The molecule has 12 heteroatoms. The maximum atomic E-state index is 12.2. The maximum absolute atomic E-state index is 12.2.